The summed E-state index contributed by atoms with van der Waals surface area (Å²) in [5, 5.41) is 11.2. The van der Waals surface area contributed by atoms with Crippen molar-refractivity contribution in [1.82, 2.24) is 0 Å². The van der Waals surface area contributed by atoms with Gasteiger partial charge in [-0.1, -0.05) is 121 Å². The quantitative estimate of drug-likeness (QED) is 0.236. The Hall–Kier alpha value is -3.36. The summed E-state index contributed by atoms with van der Waals surface area (Å²) in [6.45, 7) is 1.65. The van der Waals surface area contributed by atoms with Crippen LogP contribution in [0.15, 0.2) is 121 Å². The minimum atomic E-state index is -1.22. The monoisotopic (exact) mass is 540 g/mol. The zero-order valence-corrected chi connectivity index (χ0v) is 22.5. The van der Waals surface area contributed by atoms with Gasteiger partial charge in [-0.25, -0.2) is 0 Å². The van der Waals surface area contributed by atoms with Gasteiger partial charge in [-0.2, -0.15) is 0 Å². The maximum atomic E-state index is 11.2. The van der Waals surface area contributed by atoms with Crippen molar-refractivity contribution in [2.75, 3.05) is 6.61 Å². The summed E-state index contributed by atoms with van der Waals surface area (Å²) in [7, 11) is 0. The lowest BCUT2D eigenvalue weighted by Gasteiger charge is -2.44. The normalized spacial score (nSPS) is 22.7. The second kappa shape index (κ2) is 14.9. The second-order valence-electron chi connectivity index (χ2n) is 9.85. The van der Waals surface area contributed by atoms with E-state index in [2.05, 4.69) is 0 Å². The summed E-state index contributed by atoms with van der Waals surface area (Å²) in [6, 6.07) is 39.7. The molecule has 0 bridgehead atoms. The first-order chi connectivity index (χ1) is 19.8. The number of aliphatic hydroxyl groups excluding tert-OH is 1. The van der Waals surface area contributed by atoms with E-state index in [-0.39, 0.29) is 6.61 Å². The number of rotatable bonds is 13. The van der Waals surface area contributed by atoms with Gasteiger partial charge in [-0.05, 0) is 22.3 Å². The summed E-state index contributed by atoms with van der Waals surface area (Å²) in [6.07, 6.45) is -3.72. The van der Waals surface area contributed by atoms with Crippen LogP contribution in [0.5, 0.6) is 0 Å². The van der Waals surface area contributed by atoms with E-state index in [0.29, 0.717) is 26.4 Å². The Morgan fingerprint density at radius 3 is 1.30 bits per heavy atom. The molecule has 5 atom stereocenters. The molecule has 4 aromatic carbocycles. The number of hydrogen-bond acceptors (Lipinski definition) is 6. The zero-order valence-electron chi connectivity index (χ0n) is 22.5. The Morgan fingerprint density at radius 2 is 0.850 bits per heavy atom. The first-order valence-electron chi connectivity index (χ1n) is 13.7. The maximum Gasteiger partial charge on any atom is 0.184 e. The van der Waals surface area contributed by atoms with Crippen LogP contribution < -0.4 is 0 Å². The van der Waals surface area contributed by atoms with Crippen LogP contribution >= 0.6 is 0 Å². The average Bonchev–Trinajstić information content (AvgIpc) is 3.01. The summed E-state index contributed by atoms with van der Waals surface area (Å²) in [4.78, 5) is 0. The van der Waals surface area contributed by atoms with E-state index in [1.54, 1.807) is 0 Å². The summed E-state index contributed by atoms with van der Waals surface area (Å²) < 4.78 is 31.4. The third-order valence-corrected chi connectivity index (χ3v) is 6.86. The predicted octanol–water partition coefficient (Wildman–Crippen LogP) is 5.68. The molecule has 5 rings (SSSR count). The fourth-order valence-corrected chi connectivity index (χ4v) is 4.77. The van der Waals surface area contributed by atoms with Crippen molar-refractivity contribution in [2.45, 2.75) is 57.1 Å². The molecule has 0 spiro atoms. The lowest BCUT2D eigenvalue weighted by atomic mass is 9.98. The van der Waals surface area contributed by atoms with Gasteiger partial charge in [-0.15, -0.1) is 0 Å². The maximum absolute atomic E-state index is 11.2. The van der Waals surface area contributed by atoms with Crippen molar-refractivity contribution >= 4 is 0 Å². The molecule has 0 saturated carbocycles. The van der Waals surface area contributed by atoms with E-state index in [1.165, 1.54) is 0 Å². The molecule has 40 heavy (non-hydrogen) atoms. The number of ether oxygens (including phenoxy) is 5. The Kier molecular flexibility index (Phi) is 10.5. The van der Waals surface area contributed by atoms with Gasteiger partial charge in [0, 0.05) is 0 Å². The Balaban J connectivity index is 1.36. The largest absolute Gasteiger partial charge is 0.374 e. The van der Waals surface area contributed by atoms with E-state index in [9.17, 15) is 5.11 Å². The van der Waals surface area contributed by atoms with Crippen LogP contribution in [0.2, 0.25) is 0 Å². The van der Waals surface area contributed by atoms with Crippen molar-refractivity contribution in [1.29, 1.82) is 0 Å². The highest BCUT2D eigenvalue weighted by atomic mass is 16.7. The van der Waals surface area contributed by atoms with Gasteiger partial charge in [0.1, 0.15) is 24.4 Å². The fraction of sp³-hybridized carbons (Fsp3) is 0.294. The molecule has 208 valence electrons. The minimum absolute atomic E-state index is 0.224. The molecule has 6 heteroatoms. The molecule has 1 heterocycles. The number of benzene rings is 4. The molecule has 4 aromatic rings. The van der Waals surface area contributed by atoms with Crippen LogP contribution in [0.4, 0.5) is 0 Å². The Bertz CT molecular complexity index is 1240. The summed E-state index contributed by atoms with van der Waals surface area (Å²) >= 11 is 0. The van der Waals surface area contributed by atoms with Gasteiger partial charge < -0.3 is 28.8 Å². The van der Waals surface area contributed by atoms with Crippen LogP contribution in [0.3, 0.4) is 0 Å². The van der Waals surface area contributed by atoms with Crippen LogP contribution in [-0.4, -0.2) is 42.4 Å². The van der Waals surface area contributed by atoms with E-state index < -0.39 is 30.7 Å². The van der Waals surface area contributed by atoms with Crippen molar-refractivity contribution in [3.8, 4) is 0 Å². The third-order valence-electron chi connectivity index (χ3n) is 6.86. The van der Waals surface area contributed by atoms with Gasteiger partial charge >= 0.3 is 0 Å². The molecule has 0 aromatic heterocycles. The van der Waals surface area contributed by atoms with Gasteiger partial charge in [0.2, 0.25) is 0 Å². The lowest BCUT2D eigenvalue weighted by molar-refractivity contribution is -0.317. The zero-order chi connectivity index (χ0) is 27.4. The van der Waals surface area contributed by atoms with Crippen LogP contribution in [-0.2, 0) is 50.1 Å². The van der Waals surface area contributed by atoms with Crippen LogP contribution in [0.25, 0.3) is 0 Å². The molecule has 2 unspecified atom stereocenters. The molecule has 1 aliphatic heterocycles. The topological polar surface area (TPSA) is 66.4 Å². The van der Waals surface area contributed by atoms with Gasteiger partial charge in [-0.3, -0.25) is 0 Å². The molecule has 1 aliphatic rings. The van der Waals surface area contributed by atoms with E-state index in [1.807, 2.05) is 121 Å². The van der Waals surface area contributed by atoms with Gasteiger partial charge in [0.25, 0.3) is 0 Å². The Morgan fingerprint density at radius 1 is 0.475 bits per heavy atom. The standard InChI is InChI=1S/C34H36O6/c35-34-33(39-24-29-19-11-4-12-20-29)32(38-23-28-17-9-3-10-18-28)31(37-22-27-15-7-2-8-16-27)30(40-34)25-36-21-26-13-5-1-6-14-26/h1-20,30-35H,21-25H2/t30?,31-,32-,33?,34-/m0/s1. The first kappa shape index (κ1) is 28.2. The first-order valence-corrected chi connectivity index (χ1v) is 13.7. The van der Waals surface area contributed by atoms with Crippen LogP contribution in [0.1, 0.15) is 22.3 Å². The minimum Gasteiger partial charge on any atom is -0.374 e. The predicted molar refractivity (Wildman–Crippen MR) is 152 cm³/mol. The van der Waals surface area contributed by atoms with Gasteiger partial charge in [0.05, 0.1) is 33.0 Å². The average molecular weight is 541 g/mol. The second-order valence-corrected chi connectivity index (χ2v) is 9.85. The van der Waals surface area contributed by atoms with Gasteiger partial charge in [0.15, 0.2) is 6.29 Å². The molecule has 0 radical (unpaired) electrons. The molecular weight excluding hydrogens is 504 g/mol. The molecule has 1 fully saturated rings. The molecule has 6 nitrogen and oxygen atoms in total. The third kappa shape index (κ3) is 8.08. The smallest absolute Gasteiger partial charge is 0.184 e. The summed E-state index contributed by atoms with van der Waals surface area (Å²) in [5.41, 5.74) is 4.10. The van der Waals surface area contributed by atoms with E-state index >= 15 is 0 Å². The fourth-order valence-electron chi connectivity index (χ4n) is 4.77. The highest BCUT2D eigenvalue weighted by Gasteiger charge is 2.48. The van der Waals surface area contributed by atoms with Crippen molar-refractivity contribution in [3.63, 3.8) is 0 Å². The Labute approximate surface area is 236 Å². The number of aliphatic hydroxyl groups is 1. The molecule has 1 N–H and O–H groups in total. The van der Waals surface area contributed by atoms with Crippen molar-refractivity contribution < 1.29 is 28.8 Å². The van der Waals surface area contributed by atoms with E-state index in [0.717, 1.165) is 22.3 Å². The van der Waals surface area contributed by atoms with Crippen molar-refractivity contribution in [2.24, 2.45) is 0 Å². The summed E-state index contributed by atoms with van der Waals surface area (Å²) in [5.74, 6) is 0. The molecule has 0 aliphatic carbocycles. The van der Waals surface area contributed by atoms with E-state index in [4.69, 9.17) is 23.7 Å². The number of hydrogen-bond donors (Lipinski definition) is 1. The van der Waals surface area contributed by atoms with Crippen LogP contribution in [0, 0.1) is 0 Å². The molecular formula is C34H36O6. The highest BCUT2D eigenvalue weighted by Crippen LogP contribution is 2.30. The van der Waals surface area contributed by atoms with Crippen molar-refractivity contribution in [3.05, 3.63) is 144 Å². The molecule has 1 saturated heterocycles. The SMILES string of the molecule is O[C@H]1OC(COCc2ccccc2)[C@H](OCc2ccccc2)[C@H](OCc2ccccc2)C1OCc1ccccc1. The highest BCUT2D eigenvalue weighted by molar-refractivity contribution is 5.16. The lowest BCUT2D eigenvalue weighted by Crippen LogP contribution is -2.61. The molecule has 0 amide bonds.